The van der Waals surface area contributed by atoms with Gasteiger partial charge in [-0.25, -0.2) is 4.39 Å². The van der Waals surface area contributed by atoms with Crippen LogP contribution in [-0.4, -0.2) is 4.98 Å². The number of benzene rings is 1. The molecular weight excluding hydrogens is 231 g/mol. The lowest BCUT2D eigenvalue weighted by molar-refractivity contribution is 0.477. The molecule has 0 aliphatic carbocycles. The maximum atomic E-state index is 12.7. The molecule has 94 valence electrons. The van der Waals surface area contributed by atoms with Gasteiger partial charge in [-0.3, -0.25) is 4.98 Å². The predicted octanol–water partition coefficient (Wildman–Crippen LogP) is 3.42. The van der Waals surface area contributed by atoms with E-state index in [1.807, 2.05) is 13.0 Å². The zero-order chi connectivity index (χ0) is 13.0. The molecule has 1 aromatic carbocycles. The van der Waals surface area contributed by atoms with E-state index in [1.54, 1.807) is 24.4 Å². The molecule has 0 radical (unpaired) electrons. The van der Waals surface area contributed by atoms with Crippen molar-refractivity contribution in [1.82, 2.24) is 4.98 Å². The van der Waals surface area contributed by atoms with Gasteiger partial charge in [0.25, 0.3) is 0 Å². The molecule has 2 rings (SSSR count). The fourth-order valence-corrected chi connectivity index (χ4v) is 1.52. The highest BCUT2D eigenvalue weighted by Crippen LogP contribution is 2.22. The smallest absolute Gasteiger partial charge is 0.145 e. The standard InChI is InChI=1S/C14H15FN2O/c1-2-13(16)14-8-7-12(9-17-14)18-11-5-3-10(15)4-6-11/h3-9,13H,2,16H2,1H3/t13-/m1/s1. The first-order valence-electron chi connectivity index (χ1n) is 5.84. The van der Waals surface area contributed by atoms with E-state index in [0.29, 0.717) is 11.5 Å². The van der Waals surface area contributed by atoms with E-state index < -0.39 is 0 Å². The summed E-state index contributed by atoms with van der Waals surface area (Å²) in [5.74, 6) is 0.893. The zero-order valence-corrected chi connectivity index (χ0v) is 10.1. The Balaban J connectivity index is 2.08. The Morgan fingerprint density at radius 3 is 2.39 bits per heavy atom. The van der Waals surface area contributed by atoms with Crippen molar-refractivity contribution in [1.29, 1.82) is 0 Å². The minimum Gasteiger partial charge on any atom is -0.456 e. The monoisotopic (exact) mass is 246 g/mol. The molecule has 1 aromatic heterocycles. The Morgan fingerprint density at radius 2 is 1.83 bits per heavy atom. The second-order valence-electron chi connectivity index (χ2n) is 3.99. The zero-order valence-electron chi connectivity index (χ0n) is 10.1. The van der Waals surface area contributed by atoms with Crippen LogP contribution in [0.4, 0.5) is 4.39 Å². The molecule has 0 amide bonds. The van der Waals surface area contributed by atoms with Crippen LogP contribution in [0.25, 0.3) is 0 Å². The lowest BCUT2D eigenvalue weighted by Gasteiger charge is -2.09. The van der Waals surface area contributed by atoms with Gasteiger partial charge in [-0.15, -0.1) is 0 Å². The normalized spacial score (nSPS) is 12.2. The SMILES string of the molecule is CC[C@@H](N)c1ccc(Oc2ccc(F)cc2)cn1. The van der Waals surface area contributed by atoms with Gasteiger partial charge in [0.15, 0.2) is 0 Å². The molecule has 0 aliphatic rings. The van der Waals surface area contributed by atoms with Gasteiger partial charge in [0.1, 0.15) is 17.3 Å². The third-order valence-corrected chi connectivity index (χ3v) is 2.63. The van der Waals surface area contributed by atoms with E-state index in [4.69, 9.17) is 10.5 Å². The predicted molar refractivity (Wildman–Crippen MR) is 67.9 cm³/mol. The first-order chi connectivity index (χ1) is 8.69. The van der Waals surface area contributed by atoms with Crippen LogP contribution in [0.15, 0.2) is 42.6 Å². The van der Waals surface area contributed by atoms with E-state index in [0.717, 1.165) is 12.1 Å². The van der Waals surface area contributed by atoms with E-state index in [9.17, 15) is 4.39 Å². The van der Waals surface area contributed by atoms with Gasteiger partial charge in [-0.05, 0) is 42.8 Å². The van der Waals surface area contributed by atoms with Crippen molar-refractivity contribution < 1.29 is 9.13 Å². The van der Waals surface area contributed by atoms with Crippen LogP contribution in [-0.2, 0) is 0 Å². The first-order valence-corrected chi connectivity index (χ1v) is 5.84. The van der Waals surface area contributed by atoms with Gasteiger partial charge in [0, 0.05) is 6.04 Å². The molecule has 2 aromatic rings. The van der Waals surface area contributed by atoms with Gasteiger partial charge < -0.3 is 10.5 Å². The van der Waals surface area contributed by atoms with E-state index in [-0.39, 0.29) is 11.9 Å². The number of aromatic nitrogens is 1. The number of hydrogen-bond acceptors (Lipinski definition) is 3. The third-order valence-electron chi connectivity index (χ3n) is 2.63. The van der Waals surface area contributed by atoms with Crippen molar-refractivity contribution in [3.05, 3.63) is 54.1 Å². The van der Waals surface area contributed by atoms with E-state index in [2.05, 4.69) is 4.98 Å². The molecule has 3 nitrogen and oxygen atoms in total. The maximum Gasteiger partial charge on any atom is 0.145 e. The summed E-state index contributed by atoms with van der Waals surface area (Å²) in [5.41, 5.74) is 6.71. The summed E-state index contributed by atoms with van der Waals surface area (Å²) < 4.78 is 18.3. The molecule has 1 atom stereocenters. The number of nitrogens with two attached hydrogens (primary N) is 1. The van der Waals surface area contributed by atoms with Crippen LogP contribution in [0, 0.1) is 5.82 Å². The first kappa shape index (κ1) is 12.5. The van der Waals surface area contributed by atoms with Gasteiger partial charge in [-0.1, -0.05) is 6.92 Å². The molecule has 0 aliphatic heterocycles. The van der Waals surface area contributed by atoms with Gasteiger partial charge in [0.05, 0.1) is 11.9 Å². The summed E-state index contributed by atoms with van der Waals surface area (Å²) in [6, 6.07) is 9.44. The molecule has 0 spiro atoms. The lowest BCUT2D eigenvalue weighted by Crippen LogP contribution is -2.10. The average Bonchev–Trinajstić information content (AvgIpc) is 2.41. The van der Waals surface area contributed by atoms with Crippen molar-refractivity contribution >= 4 is 0 Å². The molecule has 0 saturated heterocycles. The second kappa shape index (κ2) is 5.60. The third kappa shape index (κ3) is 3.05. The Labute approximate surface area is 105 Å². The highest BCUT2D eigenvalue weighted by molar-refractivity contribution is 5.30. The van der Waals surface area contributed by atoms with Crippen LogP contribution in [0.1, 0.15) is 25.1 Å². The summed E-state index contributed by atoms with van der Waals surface area (Å²) in [6.07, 6.45) is 2.46. The summed E-state index contributed by atoms with van der Waals surface area (Å²) in [7, 11) is 0. The number of halogens is 1. The van der Waals surface area contributed by atoms with Crippen LogP contribution in [0.3, 0.4) is 0 Å². The highest BCUT2D eigenvalue weighted by atomic mass is 19.1. The fourth-order valence-electron chi connectivity index (χ4n) is 1.52. The summed E-state index contributed by atoms with van der Waals surface area (Å²) in [6.45, 7) is 2.01. The van der Waals surface area contributed by atoms with E-state index in [1.165, 1.54) is 12.1 Å². The minimum atomic E-state index is -0.287. The number of nitrogens with zero attached hydrogens (tertiary/aromatic N) is 1. The quantitative estimate of drug-likeness (QED) is 0.899. The van der Waals surface area contributed by atoms with Crippen molar-refractivity contribution in [2.24, 2.45) is 5.73 Å². The van der Waals surface area contributed by atoms with Crippen LogP contribution in [0.2, 0.25) is 0 Å². The molecule has 0 bridgehead atoms. The fraction of sp³-hybridized carbons (Fsp3) is 0.214. The highest BCUT2D eigenvalue weighted by Gasteiger charge is 2.05. The molecule has 0 saturated carbocycles. The lowest BCUT2D eigenvalue weighted by atomic mass is 10.1. The molecule has 1 heterocycles. The molecule has 0 unspecified atom stereocenters. The molecule has 18 heavy (non-hydrogen) atoms. The van der Waals surface area contributed by atoms with Crippen molar-refractivity contribution in [2.45, 2.75) is 19.4 Å². The number of pyridine rings is 1. The van der Waals surface area contributed by atoms with Crippen LogP contribution in [0.5, 0.6) is 11.5 Å². The Kier molecular flexibility index (Phi) is 3.89. The molecule has 0 fully saturated rings. The average molecular weight is 246 g/mol. The topological polar surface area (TPSA) is 48.1 Å². The van der Waals surface area contributed by atoms with Crippen molar-refractivity contribution in [2.75, 3.05) is 0 Å². The van der Waals surface area contributed by atoms with Crippen LogP contribution >= 0.6 is 0 Å². The number of rotatable bonds is 4. The molecular formula is C14H15FN2O. The Hall–Kier alpha value is -1.94. The van der Waals surface area contributed by atoms with Crippen molar-refractivity contribution in [3.8, 4) is 11.5 Å². The van der Waals surface area contributed by atoms with Crippen LogP contribution < -0.4 is 10.5 Å². The summed E-state index contributed by atoms with van der Waals surface area (Å²) >= 11 is 0. The number of hydrogen-bond donors (Lipinski definition) is 1. The Morgan fingerprint density at radius 1 is 1.17 bits per heavy atom. The summed E-state index contributed by atoms with van der Waals surface area (Å²) in [5, 5.41) is 0. The number of ether oxygens (including phenoxy) is 1. The minimum absolute atomic E-state index is 0.0510. The summed E-state index contributed by atoms with van der Waals surface area (Å²) in [4.78, 5) is 4.24. The largest absolute Gasteiger partial charge is 0.456 e. The van der Waals surface area contributed by atoms with Gasteiger partial charge in [-0.2, -0.15) is 0 Å². The Bertz CT molecular complexity index is 496. The van der Waals surface area contributed by atoms with Gasteiger partial charge in [0.2, 0.25) is 0 Å². The molecule has 4 heteroatoms. The van der Waals surface area contributed by atoms with Gasteiger partial charge >= 0.3 is 0 Å². The molecule has 2 N–H and O–H groups in total. The maximum absolute atomic E-state index is 12.7. The van der Waals surface area contributed by atoms with E-state index >= 15 is 0 Å². The second-order valence-corrected chi connectivity index (χ2v) is 3.99. The van der Waals surface area contributed by atoms with Crippen molar-refractivity contribution in [3.63, 3.8) is 0 Å².